The van der Waals surface area contributed by atoms with Crippen molar-refractivity contribution in [3.8, 4) is 11.5 Å². The Morgan fingerprint density at radius 2 is 1.94 bits per heavy atom. The van der Waals surface area contributed by atoms with E-state index < -0.39 is 4.92 Å². The summed E-state index contributed by atoms with van der Waals surface area (Å²) in [6.45, 7) is 1.90. The summed E-state index contributed by atoms with van der Waals surface area (Å²) in [5.74, 6) is 1.18. The quantitative estimate of drug-likeness (QED) is 0.213. The van der Waals surface area contributed by atoms with Gasteiger partial charge in [-0.1, -0.05) is 53.7 Å². The molecule has 162 valence electrons. The van der Waals surface area contributed by atoms with Gasteiger partial charge in [-0.15, -0.1) is 0 Å². The van der Waals surface area contributed by atoms with Gasteiger partial charge in [0.15, 0.2) is 17.2 Å². The molecule has 4 rings (SSSR count). The Kier molecular flexibility index (Phi) is 6.23. The molecule has 1 heterocycles. The number of aromatic nitrogens is 1. The van der Waals surface area contributed by atoms with Gasteiger partial charge in [0.05, 0.1) is 16.5 Å². The van der Waals surface area contributed by atoms with E-state index in [2.05, 4.69) is 39.3 Å². The molecule has 7 nitrogen and oxygen atoms in total. The van der Waals surface area contributed by atoms with Crippen LogP contribution in [-0.2, 0) is 6.61 Å². The van der Waals surface area contributed by atoms with Gasteiger partial charge in [-0.25, -0.2) is 0 Å². The number of benzene rings is 3. The van der Waals surface area contributed by atoms with Crippen molar-refractivity contribution in [2.75, 3.05) is 7.11 Å². The van der Waals surface area contributed by atoms with E-state index in [1.54, 1.807) is 19.3 Å². The monoisotopic (exact) mass is 494 g/mol. The minimum atomic E-state index is -0.508. The fraction of sp³-hybridized carbons (Fsp3) is 0.125. The third kappa shape index (κ3) is 4.36. The standard InChI is InChI=1S/C24H19BrN2O5/c1-15-23(27(28)29)21(32-26-15)11-10-16-12-20(25)24(22(13-16)30-2)31-14-18-8-5-7-17-6-3-4-9-19(17)18/h3-13H,14H2,1-2H3/b11-10-. The van der Waals surface area contributed by atoms with Crippen LogP contribution in [0.5, 0.6) is 11.5 Å². The molecule has 0 aliphatic rings. The smallest absolute Gasteiger partial charge is 0.338 e. The van der Waals surface area contributed by atoms with Crippen LogP contribution >= 0.6 is 15.9 Å². The molecule has 0 amide bonds. The Morgan fingerprint density at radius 3 is 2.72 bits per heavy atom. The molecule has 0 bridgehead atoms. The molecule has 3 aromatic carbocycles. The van der Waals surface area contributed by atoms with Crippen molar-refractivity contribution < 1.29 is 18.9 Å². The van der Waals surface area contributed by atoms with Crippen LogP contribution in [0.1, 0.15) is 22.6 Å². The van der Waals surface area contributed by atoms with E-state index in [9.17, 15) is 10.1 Å². The van der Waals surface area contributed by atoms with Gasteiger partial charge in [-0.2, -0.15) is 0 Å². The van der Waals surface area contributed by atoms with Crippen molar-refractivity contribution in [2.24, 2.45) is 0 Å². The number of nitro groups is 1. The summed E-state index contributed by atoms with van der Waals surface area (Å²) in [7, 11) is 1.56. The second-order valence-electron chi connectivity index (χ2n) is 7.03. The van der Waals surface area contributed by atoms with Gasteiger partial charge in [0, 0.05) is 0 Å². The molecule has 0 radical (unpaired) electrons. The zero-order valence-corrected chi connectivity index (χ0v) is 19.0. The minimum absolute atomic E-state index is 0.0823. The molecule has 0 saturated carbocycles. The third-order valence-electron chi connectivity index (χ3n) is 4.97. The molecule has 0 atom stereocenters. The van der Waals surface area contributed by atoms with Crippen LogP contribution in [0.3, 0.4) is 0 Å². The maximum atomic E-state index is 11.2. The second kappa shape index (κ2) is 9.23. The van der Waals surface area contributed by atoms with Gasteiger partial charge in [0.25, 0.3) is 0 Å². The Morgan fingerprint density at radius 1 is 1.16 bits per heavy atom. The SMILES string of the molecule is COc1cc(/C=C\c2onc(C)c2[N+](=O)[O-])cc(Br)c1OCc1cccc2ccccc12. The third-order valence-corrected chi connectivity index (χ3v) is 5.56. The van der Waals surface area contributed by atoms with E-state index in [0.29, 0.717) is 22.6 Å². The summed E-state index contributed by atoms with van der Waals surface area (Å²) < 4.78 is 17.4. The lowest BCUT2D eigenvalue weighted by atomic mass is 10.1. The number of fused-ring (bicyclic) bond motifs is 1. The number of aryl methyl sites for hydroxylation is 1. The minimum Gasteiger partial charge on any atom is -0.493 e. The Hall–Kier alpha value is -3.65. The number of ether oxygens (including phenoxy) is 2. The van der Waals surface area contributed by atoms with Crippen LogP contribution in [0.15, 0.2) is 63.6 Å². The Labute approximate surface area is 192 Å². The highest BCUT2D eigenvalue weighted by Gasteiger charge is 2.22. The van der Waals surface area contributed by atoms with Crippen LogP contribution < -0.4 is 9.47 Å². The number of hydrogen-bond donors (Lipinski definition) is 0. The lowest BCUT2D eigenvalue weighted by molar-refractivity contribution is -0.386. The molecule has 0 saturated heterocycles. The first-order valence-electron chi connectivity index (χ1n) is 9.73. The molecule has 1 aromatic heterocycles. The molecule has 0 N–H and O–H groups in total. The predicted octanol–water partition coefficient (Wildman–Crippen LogP) is 6.56. The van der Waals surface area contributed by atoms with Crippen molar-refractivity contribution >= 4 is 44.5 Å². The van der Waals surface area contributed by atoms with Gasteiger partial charge < -0.3 is 14.0 Å². The van der Waals surface area contributed by atoms with Gasteiger partial charge >= 0.3 is 5.69 Å². The molecule has 32 heavy (non-hydrogen) atoms. The number of methoxy groups -OCH3 is 1. The largest absolute Gasteiger partial charge is 0.493 e. The van der Waals surface area contributed by atoms with E-state index in [1.807, 2.05) is 30.3 Å². The van der Waals surface area contributed by atoms with Crippen LogP contribution in [0, 0.1) is 17.0 Å². The first-order chi connectivity index (χ1) is 15.5. The molecule has 0 fully saturated rings. The normalized spacial score (nSPS) is 11.2. The average molecular weight is 495 g/mol. The highest BCUT2D eigenvalue weighted by atomic mass is 79.9. The van der Waals surface area contributed by atoms with Crippen molar-refractivity contribution in [3.05, 3.63) is 91.8 Å². The van der Waals surface area contributed by atoms with Gasteiger partial charge in [-0.3, -0.25) is 10.1 Å². The molecule has 4 aromatic rings. The van der Waals surface area contributed by atoms with Crippen LogP contribution in [0.25, 0.3) is 22.9 Å². The number of nitrogens with zero attached hydrogens (tertiary/aromatic N) is 2. The van der Waals surface area contributed by atoms with Crippen molar-refractivity contribution in [1.82, 2.24) is 5.16 Å². The zero-order valence-electron chi connectivity index (χ0n) is 17.4. The zero-order chi connectivity index (χ0) is 22.7. The molecular weight excluding hydrogens is 476 g/mol. The molecule has 0 unspecified atom stereocenters. The first-order valence-corrected chi connectivity index (χ1v) is 10.5. The molecule has 0 aliphatic carbocycles. The van der Waals surface area contributed by atoms with Crippen LogP contribution in [0.2, 0.25) is 0 Å². The van der Waals surface area contributed by atoms with Crippen molar-refractivity contribution in [3.63, 3.8) is 0 Å². The lowest BCUT2D eigenvalue weighted by Crippen LogP contribution is -1.99. The molecular formula is C24H19BrN2O5. The Balaban J connectivity index is 1.59. The number of rotatable bonds is 7. The highest BCUT2D eigenvalue weighted by Crippen LogP contribution is 2.38. The fourth-order valence-electron chi connectivity index (χ4n) is 3.43. The van der Waals surface area contributed by atoms with E-state index in [1.165, 1.54) is 13.0 Å². The van der Waals surface area contributed by atoms with Crippen molar-refractivity contribution in [2.45, 2.75) is 13.5 Å². The van der Waals surface area contributed by atoms with Gasteiger partial charge in [0.2, 0.25) is 5.76 Å². The Bertz CT molecular complexity index is 1320. The van der Waals surface area contributed by atoms with E-state index >= 15 is 0 Å². The molecule has 0 spiro atoms. The summed E-state index contributed by atoms with van der Waals surface area (Å²) in [6.07, 6.45) is 3.20. The van der Waals surface area contributed by atoms with Crippen molar-refractivity contribution in [1.29, 1.82) is 0 Å². The van der Waals surface area contributed by atoms with E-state index in [-0.39, 0.29) is 17.1 Å². The summed E-state index contributed by atoms with van der Waals surface area (Å²) in [5, 5.41) is 17.2. The summed E-state index contributed by atoms with van der Waals surface area (Å²) >= 11 is 3.55. The maximum Gasteiger partial charge on any atom is 0.338 e. The van der Waals surface area contributed by atoms with Gasteiger partial charge in [-0.05, 0) is 63.0 Å². The van der Waals surface area contributed by atoms with E-state index in [0.717, 1.165) is 21.9 Å². The molecule has 8 heteroatoms. The number of hydrogen-bond acceptors (Lipinski definition) is 6. The molecule has 0 aliphatic heterocycles. The first kappa shape index (κ1) is 21.6. The summed E-state index contributed by atoms with van der Waals surface area (Å²) in [5.41, 5.74) is 1.89. The summed E-state index contributed by atoms with van der Waals surface area (Å²) in [6, 6.07) is 17.9. The van der Waals surface area contributed by atoms with E-state index in [4.69, 9.17) is 14.0 Å². The summed E-state index contributed by atoms with van der Waals surface area (Å²) in [4.78, 5) is 10.7. The predicted molar refractivity (Wildman–Crippen MR) is 126 cm³/mol. The topological polar surface area (TPSA) is 87.6 Å². The van der Waals surface area contributed by atoms with Crippen LogP contribution in [0.4, 0.5) is 5.69 Å². The second-order valence-corrected chi connectivity index (χ2v) is 7.89. The average Bonchev–Trinajstić information content (AvgIpc) is 3.17. The lowest BCUT2D eigenvalue weighted by Gasteiger charge is -2.14. The highest BCUT2D eigenvalue weighted by molar-refractivity contribution is 9.10. The van der Waals surface area contributed by atoms with Crippen LogP contribution in [-0.4, -0.2) is 17.2 Å². The number of halogens is 1. The fourth-order valence-corrected chi connectivity index (χ4v) is 4.00. The van der Waals surface area contributed by atoms with Gasteiger partial charge in [0.1, 0.15) is 6.61 Å². The maximum absolute atomic E-state index is 11.2.